The highest BCUT2D eigenvalue weighted by molar-refractivity contribution is 7.17. The fourth-order valence-corrected chi connectivity index (χ4v) is 1.58. The van der Waals surface area contributed by atoms with Crippen LogP contribution in [-0.4, -0.2) is 32.9 Å². The molecule has 0 bridgehead atoms. The van der Waals surface area contributed by atoms with Crippen molar-refractivity contribution < 1.29 is 9.13 Å². The number of hydrogen-bond acceptors (Lipinski definition) is 6. The summed E-state index contributed by atoms with van der Waals surface area (Å²) in [6.45, 7) is 3.03. The van der Waals surface area contributed by atoms with Crippen LogP contribution < -0.4 is 15.8 Å². The predicted molar refractivity (Wildman–Crippen MR) is 88.1 cm³/mol. The maximum atomic E-state index is 14.2. The number of anilines is 3. The molecule has 6 nitrogen and oxygen atoms in total. The second-order valence-corrected chi connectivity index (χ2v) is 6.15. The number of nitrogen functional groups attached to an aromatic ring is 1. The van der Waals surface area contributed by atoms with Crippen LogP contribution in [0.4, 0.5) is 22.0 Å². The Morgan fingerprint density at radius 2 is 2.00 bits per heavy atom. The van der Waals surface area contributed by atoms with Crippen molar-refractivity contribution in [3.05, 3.63) is 30.3 Å². The molecule has 8 heteroatoms. The zero-order valence-corrected chi connectivity index (χ0v) is 13.6. The molecular weight excluding hydrogens is 304 g/mol. The largest absolute Gasteiger partial charge is 0.460 e. The van der Waals surface area contributed by atoms with Gasteiger partial charge in [-0.1, -0.05) is 25.1 Å². The molecule has 2 rings (SSSR count). The molecule has 0 saturated heterocycles. The molecule has 0 radical (unpaired) electrons. The van der Waals surface area contributed by atoms with E-state index in [1.54, 1.807) is 6.92 Å². The highest BCUT2D eigenvalue weighted by Crippen LogP contribution is 2.23. The smallest absolute Gasteiger partial charge is 0.323 e. The molecule has 0 aliphatic carbocycles. The van der Waals surface area contributed by atoms with E-state index in [-0.39, 0.29) is 30.2 Å². The molecule has 0 amide bonds. The minimum absolute atomic E-state index is 0.00270. The van der Waals surface area contributed by atoms with Crippen molar-refractivity contribution in [3.8, 4) is 6.01 Å². The summed E-state index contributed by atoms with van der Waals surface area (Å²) in [7, 11) is 2.41. The summed E-state index contributed by atoms with van der Waals surface area (Å²) < 4.78 is 19.5. The van der Waals surface area contributed by atoms with Gasteiger partial charge in [-0.15, -0.1) is 9.24 Å². The first kappa shape index (κ1) is 16.4. The van der Waals surface area contributed by atoms with Crippen LogP contribution in [0.1, 0.15) is 13.8 Å². The first-order chi connectivity index (χ1) is 10.4. The number of nitrogens with zero attached hydrogens (tertiary/aromatic N) is 3. The molecule has 0 fully saturated rings. The second-order valence-electron chi connectivity index (χ2n) is 5.15. The summed E-state index contributed by atoms with van der Waals surface area (Å²) in [4.78, 5) is 11.9. The number of para-hydroxylation sites is 1. The Morgan fingerprint density at radius 3 is 2.64 bits per heavy atom. The normalized spacial score (nSPS) is 14.9. The van der Waals surface area contributed by atoms with Gasteiger partial charge in [0, 0.05) is 11.3 Å². The number of rotatable bonds is 6. The lowest BCUT2D eigenvalue weighted by Gasteiger charge is -2.23. The van der Waals surface area contributed by atoms with Crippen LogP contribution in [-0.2, 0) is 0 Å². The van der Waals surface area contributed by atoms with Gasteiger partial charge in [0.15, 0.2) is 0 Å². The fraction of sp³-hybridized carbons (Fsp3) is 0.357. The average Bonchev–Trinajstić information content (AvgIpc) is 2.45. The van der Waals surface area contributed by atoms with E-state index >= 15 is 0 Å². The van der Waals surface area contributed by atoms with Crippen LogP contribution in [0.25, 0.3) is 0 Å². The molecule has 2 aromatic rings. The van der Waals surface area contributed by atoms with E-state index in [9.17, 15) is 4.39 Å². The van der Waals surface area contributed by atoms with Crippen LogP contribution in [0, 0.1) is 0 Å². The molecule has 0 spiro atoms. The van der Waals surface area contributed by atoms with E-state index in [0.717, 1.165) is 5.69 Å². The molecular formula is C14H19FN5OP. The van der Waals surface area contributed by atoms with Gasteiger partial charge in [0.2, 0.25) is 11.9 Å². The molecule has 22 heavy (non-hydrogen) atoms. The molecule has 118 valence electrons. The summed E-state index contributed by atoms with van der Waals surface area (Å²) >= 11 is 0. The minimum atomic E-state index is -1.51. The van der Waals surface area contributed by atoms with Gasteiger partial charge in [-0.05, 0) is 19.1 Å². The van der Waals surface area contributed by atoms with Crippen LogP contribution in [0.3, 0.4) is 0 Å². The van der Waals surface area contributed by atoms with Crippen molar-refractivity contribution >= 4 is 26.8 Å². The number of benzene rings is 1. The summed E-state index contributed by atoms with van der Waals surface area (Å²) in [5, 5.41) is 2.98. The number of aromatic nitrogens is 3. The fourth-order valence-electron chi connectivity index (χ4n) is 1.48. The maximum absolute atomic E-state index is 14.2. The average molecular weight is 323 g/mol. The van der Waals surface area contributed by atoms with Crippen molar-refractivity contribution in [1.29, 1.82) is 0 Å². The Labute approximate surface area is 130 Å². The van der Waals surface area contributed by atoms with E-state index in [0.29, 0.717) is 0 Å². The lowest BCUT2D eigenvalue weighted by molar-refractivity contribution is 0.0973. The van der Waals surface area contributed by atoms with E-state index in [1.165, 1.54) is 6.92 Å². The van der Waals surface area contributed by atoms with Crippen molar-refractivity contribution in [3.63, 3.8) is 0 Å². The lowest BCUT2D eigenvalue weighted by atomic mass is 10.1. The molecule has 3 atom stereocenters. The van der Waals surface area contributed by atoms with Gasteiger partial charge >= 0.3 is 6.01 Å². The van der Waals surface area contributed by atoms with Gasteiger partial charge in [0.25, 0.3) is 0 Å². The highest BCUT2D eigenvalue weighted by atomic mass is 31.0. The molecule has 3 N–H and O–H groups in total. The quantitative estimate of drug-likeness (QED) is 0.795. The number of ether oxygens (including phenoxy) is 1. The van der Waals surface area contributed by atoms with Gasteiger partial charge in [-0.25, -0.2) is 4.39 Å². The van der Waals surface area contributed by atoms with E-state index in [1.807, 2.05) is 30.3 Å². The number of hydrogen-bond donors (Lipinski definition) is 2. The van der Waals surface area contributed by atoms with Gasteiger partial charge in [-0.3, -0.25) is 0 Å². The van der Waals surface area contributed by atoms with Gasteiger partial charge in [-0.2, -0.15) is 15.0 Å². The minimum Gasteiger partial charge on any atom is -0.460 e. The lowest BCUT2D eigenvalue weighted by Crippen LogP contribution is -2.35. The zero-order valence-electron chi connectivity index (χ0n) is 12.5. The first-order valence-corrected chi connectivity index (χ1v) is 7.44. The molecule has 0 saturated carbocycles. The number of nitrogens with two attached hydrogens (primary N) is 1. The van der Waals surface area contributed by atoms with Crippen molar-refractivity contribution in [2.75, 3.05) is 17.7 Å². The Bertz CT molecular complexity index is 624. The van der Waals surface area contributed by atoms with Crippen LogP contribution >= 0.6 is 9.24 Å². The van der Waals surface area contributed by atoms with E-state index in [4.69, 9.17) is 10.5 Å². The van der Waals surface area contributed by atoms with Crippen molar-refractivity contribution in [2.45, 2.75) is 25.2 Å². The van der Waals surface area contributed by atoms with Gasteiger partial charge in [0.05, 0.1) is 0 Å². The third kappa shape index (κ3) is 4.49. The maximum Gasteiger partial charge on any atom is 0.323 e. The zero-order chi connectivity index (χ0) is 16.2. The molecule has 1 heterocycles. The molecule has 1 aromatic heterocycles. The highest BCUT2D eigenvalue weighted by Gasteiger charge is 2.29. The summed E-state index contributed by atoms with van der Waals surface area (Å²) in [6, 6.07) is 9.34. The van der Waals surface area contributed by atoms with E-state index < -0.39 is 5.67 Å². The van der Waals surface area contributed by atoms with Gasteiger partial charge in [0.1, 0.15) is 12.3 Å². The van der Waals surface area contributed by atoms with Crippen LogP contribution in [0.5, 0.6) is 6.01 Å². The number of alkyl halides is 1. The van der Waals surface area contributed by atoms with Crippen molar-refractivity contribution in [1.82, 2.24) is 15.0 Å². The summed E-state index contributed by atoms with van der Waals surface area (Å²) in [5.74, 6) is 0.246. The first-order valence-electron chi connectivity index (χ1n) is 6.78. The van der Waals surface area contributed by atoms with Crippen LogP contribution in [0.2, 0.25) is 0 Å². The second kappa shape index (κ2) is 6.83. The Kier molecular flexibility index (Phi) is 5.08. The third-order valence-corrected chi connectivity index (χ3v) is 3.79. The summed E-state index contributed by atoms with van der Waals surface area (Å²) in [6.07, 6.45) is 0. The Balaban J connectivity index is 2.10. The monoisotopic (exact) mass is 323 g/mol. The molecule has 3 unspecified atom stereocenters. The van der Waals surface area contributed by atoms with Crippen LogP contribution in [0.15, 0.2) is 30.3 Å². The van der Waals surface area contributed by atoms with Crippen molar-refractivity contribution in [2.24, 2.45) is 0 Å². The molecule has 1 aromatic carbocycles. The molecule has 0 aliphatic heterocycles. The van der Waals surface area contributed by atoms with E-state index in [2.05, 4.69) is 29.5 Å². The topological polar surface area (TPSA) is 86.0 Å². The number of nitrogens with one attached hydrogen (secondary N) is 1. The van der Waals surface area contributed by atoms with Gasteiger partial charge < -0.3 is 15.8 Å². The Hall–Kier alpha value is -2.01. The standard InChI is InChI=1S/C14H19FN5OP/c1-9(22)14(2,15)8-21-13-19-11(16)18-12(20-13)17-10-6-4-3-5-7-10/h3-7,9H,8,22H2,1-2H3,(H3,16,17,18,19,20). The number of halogens is 1. The Morgan fingerprint density at radius 1 is 1.32 bits per heavy atom. The SMILES string of the molecule is CC(P)C(C)(F)COc1nc(N)nc(Nc2ccccc2)n1. The predicted octanol–water partition coefficient (Wildman–Crippen LogP) is 2.57. The third-order valence-electron chi connectivity index (χ3n) is 3.10. The molecule has 0 aliphatic rings. The summed E-state index contributed by atoms with van der Waals surface area (Å²) in [5.41, 5.74) is 4.65.